The fourth-order valence-electron chi connectivity index (χ4n) is 2.51. The highest BCUT2D eigenvalue weighted by molar-refractivity contribution is 6.32. The van der Waals surface area contributed by atoms with E-state index < -0.39 is 11.9 Å². The van der Waals surface area contributed by atoms with E-state index in [9.17, 15) is 9.59 Å². The maximum absolute atomic E-state index is 12.1. The largest absolute Gasteiger partial charge is 0.497 e. The van der Waals surface area contributed by atoms with E-state index in [-0.39, 0.29) is 12.6 Å². The van der Waals surface area contributed by atoms with E-state index >= 15 is 0 Å². The number of esters is 1. The Kier molecular flexibility index (Phi) is 4.27. The summed E-state index contributed by atoms with van der Waals surface area (Å²) in [6.45, 7) is 4.33. The average molecular weight is 277 g/mol. The van der Waals surface area contributed by atoms with Gasteiger partial charge in [0.05, 0.1) is 19.8 Å². The fraction of sp³-hybridized carbons (Fsp3) is 0.467. The summed E-state index contributed by atoms with van der Waals surface area (Å²) in [7, 11) is 1.61. The van der Waals surface area contributed by atoms with Crippen LogP contribution in [-0.4, -0.2) is 37.0 Å². The lowest BCUT2D eigenvalue weighted by Gasteiger charge is -2.34. The van der Waals surface area contributed by atoms with Crippen molar-refractivity contribution >= 4 is 11.9 Å². The molecule has 0 bridgehead atoms. The molecule has 0 N–H and O–H groups in total. The lowest BCUT2D eigenvalue weighted by Crippen LogP contribution is -2.43. The van der Waals surface area contributed by atoms with Gasteiger partial charge in [-0.05, 0) is 43.5 Å². The minimum Gasteiger partial charge on any atom is -0.497 e. The molecule has 0 spiro atoms. The first-order valence-corrected chi connectivity index (χ1v) is 6.73. The molecule has 1 aromatic carbocycles. The van der Waals surface area contributed by atoms with E-state index in [1.54, 1.807) is 18.9 Å². The summed E-state index contributed by atoms with van der Waals surface area (Å²) in [5.41, 5.74) is 2.21. The van der Waals surface area contributed by atoms with Crippen molar-refractivity contribution in [3.05, 3.63) is 29.3 Å². The number of carbonyl (C=O) groups is 2. The molecular formula is C15H19NO4. The number of methoxy groups -OCH3 is 1. The highest BCUT2D eigenvalue weighted by atomic mass is 16.5. The minimum absolute atomic E-state index is 0.161. The monoisotopic (exact) mass is 277 g/mol. The summed E-state index contributed by atoms with van der Waals surface area (Å²) in [5.74, 6) is -0.612. The van der Waals surface area contributed by atoms with Crippen LogP contribution in [0.5, 0.6) is 5.75 Å². The molecule has 0 saturated heterocycles. The fourth-order valence-corrected chi connectivity index (χ4v) is 2.51. The first kappa shape index (κ1) is 14.4. The Morgan fingerprint density at radius 1 is 1.40 bits per heavy atom. The number of benzene rings is 1. The van der Waals surface area contributed by atoms with Crippen molar-refractivity contribution in [1.29, 1.82) is 0 Å². The van der Waals surface area contributed by atoms with E-state index in [0.717, 1.165) is 17.7 Å². The molecule has 1 heterocycles. The highest BCUT2D eigenvalue weighted by Gasteiger charge is 2.32. The van der Waals surface area contributed by atoms with Gasteiger partial charge in [-0.3, -0.25) is 4.79 Å². The third kappa shape index (κ3) is 2.61. The number of fused-ring (bicyclic) bond motifs is 1. The van der Waals surface area contributed by atoms with Gasteiger partial charge >= 0.3 is 11.9 Å². The molecular weight excluding hydrogens is 258 g/mol. The van der Waals surface area contributed by atoms with Gasteiger partial charge in [0, 0.05) is 6.54 Å². The van der Waals surface area contributed by atoms with E-state index in [4.69, 9.17) is 9.47 Å². The quantitative estimate of drug-likeness (QED) is 0.610. The molecule has 5 heteroatoms. The third-order valence-corrected chi connectivity index (χ3v) is 3.60. The molecule has 5 nitrogen and oxygen atoms in total. The second-order valence-electron chi connectivity index (χ2n) is 4.71. The van der Waals surface area contributed by atoms with Gasteiger partial charge in [0.15, 0.2) is 0 Å². The predicted molar refractivity (Wildman–Crippen MR) is 73.5 cm³/mol. The second kappa shape index (κ2) is 5.94. The minimum atomic E-state index is -0.786. The normalized spacial score (nSPS) is 17.4. The molecule has 0 aliphatic carbocycles. The standard InChI is InChI=1S/C15H19NO4/c1-4-20-15(18)14(17)16-8-7-11-5-6-12(19-3)9-13(11)10(16)2/h5-6,9-10H,4,7-8H2,1-3H3. The van der Waals surface area contributed by atoms with Crippen LogP contribution in [0.25, 0.3) is 0 Å². The smallest absolute Gasteiger partial charge is 0.397 e. The Labute approximate surface area is 118 Å². The number of hydrogen-bond donors (Lipinski definition) is 0. The van der Waals surface area contributed by atoms with Crippen LogP contribution in [0.2, 0.25) is 0 Å². The Balaban J connectivity index is 2.24. The topological polar surface area (TPSA) is 55.8 Å². The zero-order valence-corrected chi connectivity index (χ0v) is 12.0. The molecule has 1 atom stereocenters. The molecule has 0 saturated carbocycles. The highest BCUT2D eigenvalue weighted by Crippen LogP contribution is 2.32. The van der Waals surface area contributed by atoms with Crippen LogP contribution in [0, 0.1) is 0 Å². The molecule has 1 unspecified atom stereocenters. The number of carbonyl (C=O) groups excluding carboxylic acids is 2. The third-order valence-electron chi connectivity index (χ3n) is 3.60. The Morgan fingerprint density at radius 3 is 2.80 bits per heavy atom. The maximum atomic E-state index is 12.1. The summed E-state index contributed by atoms with van der Waals surface area (Å²) in [6, 6.07) is 5.68. The van der Waals surface area contributed by atoms with Crippen LogP contribution in [-0.2, 0) is 20.7 Å². The van der Waals surface area contributed by atoms with Crippen molar-refractivity contribution in [2.45, 2.75) is 26.3 Å². The molecule has 1 aromatic rings. The van der Waals surface area contributed by atoms with Crippen molar-refractivity contribution in [2.24, 2.45) is 0 Å². The van der Waals surface area contributed by atoms with Crippen LogP contribution < -0.4 is 4.74 Å². The molecule has 2 rings (SSSR count). The van der Waals surface area contributed by atoms with Gasteiger partial charge in [0.1, 0.15) is 5.75 Å². The van der Waals surface area contributed by atoms with Gasteiger partial charge in [-0.1, -0.05) is 6.07 Å². The van der Waals surface area contributed by atoms with E-state index in [0.29, 0.717) is 6.54 Å². The van der Waals surface area contributed by atoms with E-state index in [1.807, 2.05) is 25.1 Å². The summed E-state index contributed by atoms with van der Waals surface area (Å²) in [4.78, 5) is 25.2. The van der Waals surface area contributed by atoms with Gasteiger partial charge in [-0.15, -0.1) is 0 Å². The van der Waals surface area contributed by atoms with Gasteiger partial charge in [0.2, 0.25) is 0 Å². The van der Waals surface area contributed by atoms with Crippen LogP contribution in [0.3, 0.4) is 0 Å². The van der Waals surface area contributed by atoms with Crippen LogP contribution in [0.1, 0.15) is 31.0 Å². The van der Waals surface area contributed by atoms with Crippen molar-refractivity contribution in [2.75, 3.05) is 20.3 Å². The van der Waals surface area contributed by atoms with Gasteiger partial charge < -0.3 is 14.4 Å². The lowest BCUT2D eigenvalue weighted by atomic mass is 9.93. The zero-order chi connectivity index (χ0) is 14.7. The SMILES string of the molecule is CCOC(=O)C(=O)N1CCc2ccc(OC)cc2C1C. The number of amides is 1. The average Bonchev–Trinajstić information content (AvgIpc) is 2.47. The van der Waals surface area contributed by atoms with Crippen molar-refractivity contribution < 1.29 is 19.1 Å². The van der Waals surface area contributed by atoms with Gasteiger partial charge in [-0.2, -0.15) is 0 Å². The summed E-state index contributed by atoms with van der Waals surface area (Å²) in [5, 5.41) is 0. The van der Waals surface area contributed by atoms with E-state index in [2.05, 4.69) is 0 Å². The summed E-state index contributed by atoms with van der Waals surface area (Å²) >= 11 is 0. The molecule has 0 aromatic heterocycles. The first-order valence-electron chi connectivity index (χ1n) is 6.73. The van der Waals surface area contributed by atoms with E-state index in [1.165, 1.54) is 5.56 Å². The molecule has 0 radical (unpaired) electrons. The Morgan fingerprint density at radius 2 is 2.15 bits per heavy atom. The molecule has 0 fully saturated rings. The van der Waals surface area contributed by atoms with Crippen molar-refractivity contribution in [1.82, 2.24) is 4.90 Å². The van der Waals surface area contributed by atoms with Gasteiger partial charge in [0.25, 0.3) is 0 Å². The maximum Gasteiger partial charge on any atom is 0.397 e. The van der Waals surface area contributed by atoms with Crippen LogP contribution in [0.4, 0.5) is 0 Å². The summed E-state index contributed by atoms with van der Waals surface area (Å²) in [6.07, 6.45) is 0.731. The molecule has 20 heavy (non-hydrogen) atoms. The lowest BCUT2D eigenvalue weighted by molar-refractivity contribution is -0.161. The number of hydrogen-bond acceptors (Lipinski definition) is 4. The molecule has 1 amide bonds. The zero-order valence-electron chi connectivity index (χ0n) is 12.0. The second-order valence-corrected chi connectivity index (χ2v) is 4.71. The summed E-state index contributed by atoms with van der Waals surface area (Å²) < 4.78 is 10.00. The molecule has 108 valence electrons. The van der Waals surface area contributed by atoms with Crippen molar-refractivity contribution in [3.63, 3.8) is 0 Å². The van der Waals surface area contributed by atoms with Gasteiger partial charge in [-0.25, -0.2) is 4.79 Å². The molecule has 1 aliphatic heterocycles. The van der Waals surface area contributed by atoms with Crippen LogP contribution in [0.15, 0.2) is 18.2 Å². The Hall–Kier alpha value is -2.04. The number of rotatable bonds is 2. The van der Waals surface area contributed by atoms with Crippen LogP contribution >= 0.6 is 0 Å². The Bertz CT molecular complexity index is 527. The molecule has 1 aliphatic rings. The predicted octanol–water partition coefficient (Wildman–Crippen LogP) is 1.70. The number of ether oxygens (including phenoxy) is 2. The van der Waals surface area contributed by atoms with Crippen molar-refractivity contribution in [3.8, 4) is 5.75 Å². The number of nitrogens with zero attached hydrogens (tertiary/aromatic N) is 1. The first-order chi connectivity index (χ1) is 9.58.